The van der Waals surface area contributed by atoms with Gasteiger partial charge in [0.15, 0.2) is 0 Å². The predicted molar refractivity (Wildman–Crippen MR) is 87.2 cm³/mol. The first-order valence-electron chi connectivity index (χ1n) is 7.83. The summed E-state index contributed by atoms with van der Waals surface area (Å²) in [5.74, 6) is -0.809. The van der Waals surface area contributed by atoms with E-state index in [9.17, 15) is 14.4 Å². The lowest BCUT2D eigenvalue weighted by Gasteiger charge is -2.18. The molecule has 1 amide bonds. The Labute approximate surface area is 144 Å². The maximum atomic E-state index is 12.4. The van der Waals surface area contributed by atoms with Gasteiger partial charge in [0.1, 0.15) is 12.4 Å². The third-order valence-corrected chi connectivity index (χ3v) is 3.88. The fourth-order valence-corrected chi connectivity index (χ4v) is 2.66. The molecule has 1 aromatic carbocycles. The summed E-state index contributed by atoms with van der Waals surface area (Å²) in [6.07, 6.45) is 1.25. The van der Waals surface area contributed by atoms with Gasteiger partial charge in [0.25, 0.3) is 0 Å². The van der Waals surface area contributed by atoms with Crippen LogP contribution in [0.2, 0.25) is 0 Å². The van der Waals surface area contributed by atoms with E-state index in [4.69, 9.17) is 9.15 Å². The summed E-state index contributed by atoms with van der Waals surface area (Å²) in [7, 11) is 1.25. The monoisotopic (exact) mass is 343 g/mol. The molecule has 0 aliphatic carbocycles. The minimum atomic E-state index is -0.601. The van der Waals surface area contributed by atoms with E-state index in [0.29, 0.717) is 30.0 Å². The van der Waals surface area contributed by atoms with Crippen molar-refractivity contribution < 1.29 is 28.3 Å². The Kier molecular flexibility index (Phi) is 4.83. The smallest absolute Gasteiger partial charge is 0.373 e. The van der Waals surface area contributed by atoms with Crippen LogP contribution in [0.15, 0.2) is 40.8 Å². The van der Waals surface area contributed by atoms with Crippen LogP contribution in [0.25, 0.3) is 0 Å². The highest BCUT2D eigenvalue weighted by atomic mass is 16.5. The number of carbonyl (C=O) groups is 3. The SMILES string of the molecule is COC(=O)c1ccc(COC(=O)c2ccccc2N2CCCC2=O)o1. The highest BCUT2D eigenvalue weighted by Crippen LogP contribution is 2.26. The fourth-order valence-electron chi connectivity index (χ4n) is 2.66. The van der Waals surface area contributed by atoms with Gasteiger partial charge in [-0.3, -0.25) is 4.79 Å². The van der Waals surface area contributed by atoms with E-state index in [0.717, 1.165) is 6.42 Å². The lowest BCUT2D eigenvalue weighted by molar-refractivity contribution is -0.117. The topological polar surface area (TPSA) is 86.0 Å². The second-order valence-corrected chi connectivity index (χ2v) is 5.50. The molecule has 0 bridgehead atoms. The maximum Gasteiger partial charge on any atom is 0.373 e. The van der Waals surface area contributed by atoms with Crippen LogP contribution in [0.4, 0.5) is 5.69 Å². The molecule has 0 spiro atoms. The molecule has 0 radical (unpaired) electrons. The van der Waals surface area contributed by atoms with Gasteiger partial charge in [0, 0.05) is 13.0 Å². The Bertz CT molecular complexity index is 809. The Hall–Kier alpha value is -3.09. The van der Waals surface area contributed by atoms with Crippen molar-refractivity contribution in [2.75, 3.05) is 18.6 Å². The van der Waals surface area contributed by atoms with Gasteiger partial charge in [-0.25, -0.2) is 9.59 Å². The zero-order valence-electron chi connectivity index (χ0n) is 13.7. The van der Waals surface area contributed by atoms with Gasteiger partial charge < -0.3 is 18.8 Å². The van der Waals surface area contributed by atoms with E-state index >= 15 is 0 Å². The number of hydrogen-bond acceptors (Lipinski definition) is 6. The number of carbonyl (C=O) groups excluding carboxylic acids is 3. The molecule has 0 unspecified atom stereocenters. The normalized spacial score (nSPS) is 13.8. The Morgan fingerprint density at radius 1 is 1.16 bits per heavy atom. The van der Waals surface area contributed by atoms with Gasteiger partial charge >= 0.3 is 11.9 Å². The molecular formula is C18H17NO6. The molecule has 3 rings (SSSR count). The molecule has 1 fully saturated rings. The number of nitrogens with zero attached hydrogens (tertiary/aromatic N) is 1. The van der Waals surface area contributed by atoms with Crippen LogP contribution in [0.3, 0.4) is 0 Å². The van der Waals surface area contributed by atoms with Crippen LogP contribution >= 0.6 is 0 Å². The molecule has 1 saturated heterocycles. The second kappa shape index (κ2) is 7.21. The number of amides is 1. The van der Waals surface area contributed by atoms with Crippen molar-refractivity contribution >= 4 is 23.5 Å². The number of ether oxygens (including phenoxy) is 2. The zero-order chi connectivity index (χ0) is 17.8. The number of benzene rings is 1. The third kappa shape index (κ3) is 3.55. The largest absolute Gasteiger partial charge is 0.463 e. The Morgan fingerprint density at radius 2 is 1.96 bits per heavy atom. The number of rotatable bonds is 5. The molecule has 1 aromatic heterocycles. The van der Waals surface area contributed by atoms with Crippen LogP contribution in [0.5, 0.6) is 0 Å². The van der Waals surface area contributed by atoms with E-state index in [2.05, 4.69) is 4.74 Å². The lowest BCUT2D eigenvalue weighted by atomic mass is 10.1. The molecule has 25 heavy (non-hydrogen) atoms. The quantitative estimate of drug-likeness (QED) is 0.776. The standard InChI is InChI=1S/C18H17NO6/c1-23-18(22)15-9-8-12(25-15)11-24-17(21)13-5-2-3-6-14(13)19-10-4-7-16(19)20/h2-3,5-6,8-9H,4,7,10-11H2,1H3. The van der Waals surface area contributed by atoms with Crippen molar-refractivity contribution in [3.63, 3.8) is 0 Å². The number of methoxy groups -OCH3 is 1. The first kappa shape index (κ1) is 16.8. The average molecular weight is 343 g/mol. The summed E-state index contributed by atoms with van der Waals surface area (Å²) < 4.78 is 15.1. The molecule has 2 aromatic rings. The molecule has 2 heterocycles. The maximum absolute atomic E-state index is 12.4. The molecule has 1 aliphatic rings. The van der Waals surface area contributed by atoms with E-state index in [1.54, 1.807) is 29.2 Å². The Balaban J connectivity index is 1.70. The first-order chi connectivity index (χ1) is 12.1. The van der Waals surface area contributed by atoms with Gasteiger partial charge in [0.2, 0.25) is 11.7 Å². The lowest BCUT2D eigenvalue weighted by Crippen LogP contribution is -2.26. The molecule has 7 heteroatoms. The molecule has 0 N–H and O–H groups in total. The highest BCUT2D eigenvalue weighted by Gasteiger charge is 2.26. The molecule has 7 nitrogen and oxygen atoms in total. The fraction of sp³-hybridized carbons (Fsp3) is 0.278. The van der Waals surface area contributed by atoms with Gasteiger partial charge in [0.05, 0.1) is 18.4 Å². The van der Waals surface area contributed by atoms with Crippen LogP contribution in [-0.2, 0) is 20.9 Å². The zero-order valence-corrected chi connectivity index (χ0v) is 13.7. The minimum absolute atomic E-state index is 0.00555. The summed E-state index contributed by atoms with van der Waals surface area (Å²) in [6, 6.07) is 9.81. The van der Waals surface area contributed by atoms with Gasteiger partial charge in [-0.05, 0) is 30.7 Å². The van der Waals surface area contributed by atoms with Gasteiger partial charge in [-0.1, -0.05) is 12.1 Å². The summed E-state index contributed by atoms with van der Waals surface area (Å²) in [5.41, 5.74) is 0.863. The number of furan rings is 1. The average Bonchev–Trinajstić information content (AvgIpc) is 3.28. The van der Waals surface area contributed by atoms with Gasteiger partial charge in [-0.15, -0.1) is 0 Å². The summed E-state index contributed by atoms with van der Waals surface area (Å²) >= 11 is 0. The third-order valence-electron chi connectivity index (χ3n) is 3.88. The number of para-hydroxylation sites is 1. The molecule has 130 valence electrons. The van der Waals surface area contributed by atoms with Crippen molar-refractivity contribution in [2.45, 2.75) is 19.4 Å². The Morgan fingerprint density at radius 3 is 2.68 bits per heavy atom. The first-order valence-corrected chi connectivity index (χ1v) is 7.83. The number of anilines is 1. The number of hydrogen-bond donors (Lipinski definition) is 0. The molecule has 0 saturated carbocycles. The molecule has 1 aliphatic heterocycles. The summed E-state index contributed by atoms with van der Waals surface area (Å²) in [4.78, 5) is 37.3. The summed E-state index contributed by atoms with van der Waals surface area (Å²) in [5, 5.41) is 0. The van der Waals surface area contributed by atoms with E-state index < -0.39 is 11.9 Å². The van der Waals surface area contributed by atoms with Crippen molar-refractivity contribution in [3.05, 3.63) is 53.5 Å². The predicted octanol–water partition coefficient (Wildman–Crippen LogP) is 2.55. The van der Waals surface area contributed by atoms with Crippen molar-refractivity contribution in [1.29, 1.82) is 0 Å². The van der Waals surface area contributed by atoms with Gasteiger partial charge in [-0.2, -0.15) is 0 Å². The highest BCUT2D eigenvalue weighted by molar-refractivity contribution is 6.03. The van der Waals surface area contributed by atoms with Crippen LogP contribution in [0, 0.1) is 0 Å². The number of esters is 2. The van der Waals surface area contributed by atoms with E-state index in [1.165, 1.54) is 19.2 Å². The van der Waals surface area contributed by atoms with Crippen LogP contribution in [0.1, 0.15) is 39.5 Å². The van der Waals surface area contributed by atoms with Crippen molar-refractivity contribution in [1.82, 2.24) is 0 Å². The van der Waals surface area contributed by atoms with E-state index in [1.807, 2.05) is 0 Å². The molecule has 0 atom stereocenters. The molecular weight excluding hydrogens is 326 g/mol. The second-order valence-electron chi connectivity index (χ2n) is 5.50. The van der Waals surface area contributed by atoms with Crippen LogP contribution < -0.4 is 4.90 Å². The summed E-state index contributed by atoms with van der Waals surface area (Å²) in [6.45, 7) is 0.460. The van der Waals surface area contributed by atoms with Crippen molar-refractivity contribution in [3.8, 4) is 0 Å². The van der Waals surface area contributed by atoms with Crippen molar-refractivity contribution in [2.24, 2.45) is 0 Å². The minimum Gasteiger partial charge on any atom is -0.463 e. The van der Waals surface area contributed by atoms with E-state index in [-0.39, 0.29) is 18.3 Å². The van der Waals surface area contributed by atoms with Crippen LogP contribution in [-0.4, -0.2) is 31.5 Å².